The summed E-state index contributed by atoms with van der Waals surface area (Å²) in [5, 5.41) is 35.1. The van der Waals surface area contributed by atoms with Gasteiger partial charge in [0.15, 0.2) is 0 Å². The molecule has 0 saturated heterocycles. The van der Waals surface area contributed by atoms with Gasteiger partial charge in [0.25, 0.3) is 5.91 Å². The zero-order valence-electron chi connectivity index (χ0n) is 24.3. The van der Waals surface area contributed by atoms with E-state index in [9.17, 15) is 29.9 Å². The maximum atomic E-state index is 14.2. The smallest absolute Gasteiger partial charge is 0.408 e. The number of aryl methyl sites for hydroxylation is 2. The molecule has 220 valence electrons. The highest BCUT2D eigenvalue weighted by atomic mass is 16.6. The van der Waals surface area contributed by atoms with Crippen LogP contribution in [0.3, 0.4) is 0 Å². The van der Waals surface area contributed by atoms with Crippen molar-refractivity contribution in [1.82, 2.24) is 10.2 Å². The molecule has 2 unspecified atom stereocenters. The highest BCUT2D eigenvalue weighted by Crippen LogP contribution is 2.29. The van der Waals surface area contributed by atoms with Crippen LogP contribution in [-0.4, -0.2) is 51.2 Å². The largest absolute Gasteiger partial charge is 0.508 e. The highest BCUT2D eigenvalue weighted by Gasteiger charge is 2.37. The number of hydrogen-bond acceptors (Lipinski definition) is 7. The fourth-order valence-electron chi connectivity index (χ4n) is 4.33. The van der Waals surface area contributed by atoms with Crippen molar-refractivity contribution in [3.63, 3.8) is 0 Å². The van der Waals surface area contributed by atoms with Crippen LogP contribution < -0.4 is 10.6 Å². The van der Waals surface area contributed by atoms with Crippen LogP contribution in [0.25, 0.3) is 0 Å². The second-order valence-corrected chi connectivity index (χ2v) is 10.9. The molecule has 0 aliphatic rings. The van der Waals surface area contributed by atoms with Crippen LogP contribution in [0.4, 0.5) is 10.5 Å². The average molecular weight is 573 g/mol. The molecule has 0 aliphatic carbocycles. The van der Waals surface area contributed by atoms with Gasteiger partial charge in [0.2, 0.25) is 5.91 Å². The molecule has 3 aromatic rings. The quantitative estimate of drug-likeness (QED) is 0.267. The van der Waals surface area contributed by atoms with Crippen LogP contribution >= 0.6 is 0 Å². The number of amides is 3. The molecular weight excluding hydrogens is 536 g/mol. The van der Waals surface area contributed by atoms with Gasteiger partial charge in [-0.1, -0.05) is 36.4 Å². The van der Waals surface area contributed by atoms with E-state index in [-0.39, 0.29) is 17.9 Å². The van der Waals surface area contributed by atoms with E-state index in [0.29, 0.717) is 22.4 Å². The SMILES string of the molecule is Cc1cc(C(C(=O)Nc2ccccc2C)N(CC#N)C(=O)C(Cc2ccc(O)cc2)NC(=O)OC(C)(C)C)ccc1O. The first-order valence-corrected chi connectivity index (χ1v) is 13.4. The van der Waals surface area contributed by atoms with Crippen molar-refractivity contribution in [1.29, 1.82) is 5.26 Å². The molecule has 3 aromatic carbocycles. The second-order valence-electron chi connectivity index (χ2n) is 10.9. The number of phenolic OH excluding ortho intramolecular Hbond substituents is 2. The molecule has 0 bridgehead atoms. The number of anilines is 1. The van der Waals surface area contributed by atoms with E-state index in [4.69, 9.17) is 4.74 Å². The number of ether oxygens (including phenoxy) is 1. The van der Waals surface area contributed by atoms with E-state index in [1.54, 1.807) is 58.0 Å². The number of alkyl carbamates (subject to hydrolysis) is 1. The third-order valence-corrected chi connectivity index (χ3v) is 6.39. The maximum absolute atomic E-state index is 14.2. The van der Waals surface area contributed by atoms with E-state index >= 15 is 0 Å². The summed E-state index contributed by atoms with van der Waals surface area (Å²) in [5.41, 5.74) is 1.92. The van der Waals surface area contributed by atoms with Crippen molar-refractivity contribution in [2.75, 3.05) is 11.9 Å². The van der Waals surface area contributed by atoms with Gasteiger partial charge in [-0.15, -0.1) is 0 Å². The summed E-state index contributed by atoms with van der Waals surface area (Å²) >= 11 is 0. The lowest BCUT2D eigenvalue weighted by Gasteiger charge is -2.33. The summed E-state index contributed by atoms with van der Waals surface area (Å²) in [5.74, 6) is -1.25. The number of nitrogens with zero attached hydrogens (tertiary/aromatic N) is 2. The number of para-hydroxylation sites is 1. The van der Waals surface area contributed by atoms with Crippen LogP contribution in [0.1, 0.15) is 49.1 Å². The fourth-order valence-corrected chi connectivity index (χ4v) is 4.33. The number of hydrogen-bond donors (Lipinski definition) is 4. The second kappa shape index (κ2) is 13.5. The minimum absolute atomic E-state index is 0.00627. The first-order valence-electron chi connectivity index (χ1n) is 13.4. The Morgan fingerprint density at radius 1 is 0.976 bits per heavy atom. The van der Waals surface area contributed by atoms with Crippen molar-refractivity contribution in [2.24, 2.45) is 0 Å². The summed E-state index contributed by atoms with van der Waals surface area (Å²) in [7, 11) is 0. The first-order chi connectivity index (χ1) is 19.8. The van der Waals surface area contributed by atoms with Gasteiger partial charge in [0.1, 0.15) is 35.7 Å². The molecule has 0 radical (unpaired) electrons. The van der Waals surface area contributed by atoms with Crippen LogP contribution in [-0.2, 0) is 20.7 Å². The Bertz CT molecular complexity index is 1470. The standard InChI is InChI=1S/C32H36N4O6/c1-20-8-6-7-9-25(20)34-29(39)28(23-12-15-27(38)21(2)18-23)36(17-16-33)30(40)26(35-31(41)42-32(3,4)5)19-22-10-13-24(37)14-11-22/h6-15,18,26,28,37-38H,17,19H2,1-5H3,(H,34,39)(H,35,41). The van der Waals surface area contributed by atoms with E-state index in [1.807, 2.05) is 25.1 Å². The highest BCUT2D eigenvalue weighted by molar-refractivity contribution is 5.99. The van der Waals surface area contributed by atoms with Crippen LogP contribution in [0, 0.1) is 25.2 Å². The summed E-state index contributed by atoms with van der Waals surface area (Å²) in [4.78, 5) is 42.0. The van der Waals surface area contributed by atoms with Crippen molar-refractivity contribution in [3.8, 4) is 17.6 Å². The molecule has 0 saturated carbocycles. The number of benzene rings is 3. The zero-order chi connectivity index (χ0) is 31.0. The zero-order valence-corrected chi connectivity index (χ0v) is 24.3. The number of nitriles is 1. The Hall–Kier alpha value is -5.04. The topological polar surface area (TPSA) is 152 Å². The predicted molar refractivity (Wildman–Crippen MR) is 158 cm³/mol. The lowest BCUT2D eigenvalue weighted by Crippen LogP contribution is -2.53. The lowest BCUT2D eigenvalue weighted by atomic mass is 9.98. The molecule has 3 amide bonds. The minimum atomic E-state index is -1.29. The van der Waals surface area contributed by atoms with Gasteiger partial charge in [-0.2, -0.15) is 5.26 Å². The number of nitrogens with one attached hydrogen (secondary N) is 2. The Morgan fingerprint density at radius 3 is 2.24 bits per heavy atom. The predicted octanol–water partition coefficient (Wildman–Crippen LogP) is 4.88. The van der Waals surface area contributed by atoms with Crippen LogP contribution in [0.15, 0.2) is 66.7 Å². The number of rotatable bonds is 9. The van der Waals surface area contributed by atoms with E-state index in [1.165, 1.54) is 24.3 Å². The Balaban J connectivity index is 2.08. The number of carbonyl (C=O) groups is 3. The van der Waals surface area contributed by atoms with E-state index in [0.717, 1.165) is 10.5 Å². The molecule has 3 rings (SSSR count). The molecular formula is C32H36N4O6. The minimum Gasteiger partial charge on any atom is -0.508 e. The molecule has 0 spiro atoms. The molecule has 42 heavy (non-hydrogen) atoms. The van der Waals surface area contributed by atoms with Gasteiger partial charge in [-0.25, -0.2) is 4.79 Å². The third kappa shape index (κ3) is 8.48. The monoisotopic (exact) mass is 572 g/mol. The van der Waals surface area contributed by atoms with Gasteiger partial charge in [0, 0.05) is 12.1 Å². The Kier molecular flexibility index (Phi) is 10.2. The van der Waals surface area contributed by atoms with Crippen molar-refractivity contribution in [3.05, 3.63) is 89.0 Å². The van der Waals surface area contributed by atoms with Crippen molar-refractivity contribution >= 4 is 23.6 Å². The molecule has 0 aliphatic heterocycles. The summed E-state index contributed by atoms with van der Waals surface area (Å²) < 4.78 is 5.40. The molecule has 0 fully saturated rings. The molecule has 2 atom stereocenters. The van der Waals surface area contributed by atoms with Gasteiger partial charge in [0.05, 0.1) is 6.07 Å². The lowest BCUT2D eigenvalue weighted by molar-refractivity contribution is -0.140. The van der Waals surface area contributed by atoms with Crippen molar-refractivity contribution in [2.45, 2.75) is 58.7 Å². The fraction of sp³-hybridized carbons (Fsp3) is 0.312. The van der Waals surface area contributed by atoms with E-state index in [2.05, 4.69) is 10.6 Å². The Morgan fingerprint density at radius 2 is 1.64 bits per heavy atom. The third-order valence-electron chi connectivity index (χ3n) is 6.39. The maximum Gasteiger partial charge on any atom is 0.408 e. The van der Waals surface area contributed by atoms with Gasteiger partial charge in [-0.3, -0.25) is 9.59 Å². The van der Waals surface area contributed by atoms with Crippen molar-refractivity contribution < 1.29 is 29.3 Å². The van der Waals surface area contributed by atoms with E-state index < -0.39 is 42.1 Å². The van der Waals surface area contributed by atoms with Crippen LogP contribution in [0.5, 0.6) is 11.5 Å². The van der Waals surface area contributed by atoms with Gasteiger partial charge < -0.3 is 30.5 Å². The summed E-state index contributed by atoms with van der Waals surface area (Å²) in [6.07, 6.45) is -0.862. The number of aromatic hydroxyl groups is 2. The molecule has 0 heterocycles. The first kappa shape index (κ1) is 31.5. The summed E-state index contributed by atoms with van der Waals surface area (Å²) in [6.45, 7) is 8.06. The summed E-state index contributed by atoms with van der Waals surface area (Å²) in [6, 6.07) is 17.2. The van der Waals surface area contributed by atoms with Crippen LogP contribution in [0.2, 0.25) is 0 Å². The van der Waals surface area contributed by atoms with Gasteiger partial charge in [-0.05, 0) is 87.2 Å². The molecule has 10 nitrogen and oxygen atoms in total. The molecule has 4 N–H and O–H groups in total. The average Bonchev–Trinajstić information content (AvgIpc) is 2.91. The number of carbonyl (C=O) groups excluding carboxylic acids is 3. The normalized spacial score (nSPS) is 12.4. The molecule has 10 heteroatoms. The number of phenols is 2. The van der Waals surface area contributed by atoms with Gasteiger partial charge >= 0.3 is 6.09 Å². The Labute approximate surface area is 245 Å². The molecule has 0 aromatic heterocycles.